The highest BCUT2D eigenvalue weighted by Crippen LogP contribution is 2.47. The van der Waals surface area contributed by atoms with Crippen LogP contribution < -0.4 is 0 Å². The van der Waals surface area contributed by atoms with E-state index in [-0.39, 0.29) is 17.0 Å². The lowest BCUT2D eigenvalue weighted by Gasteiger charge is -2.33. The molecule has 0 amide bonds. The summed E-state index contributed by atoms with van der Waals surface area (Å²) < 4.78 is 0. The van der Waals surface area contributed by atoms with Crippen molar-refractivity contribution in [1.82, 2.24) is 0 Å². The van der Waals surface area contributed by atoms with Crippen molar-refractivity contribution < 1.29 is 9.59 Å². The molecule has 0 aromatic carbocycles. The van der Waals surface area contributed by atoms with Crippen LogP contribution in [0.1, 0.15) is 38.5 Å². The number of hydrogen-bond acceptors (Lipinski definition) is 4. The maximum absolute atomic E-state index is 11.6. The zero-order chi connectivity index (χ0) is 10.2. The average molecular weight is 194 g/mol. The first-order valence-electron chi connectivity index (χ1n) is 5.09. The Morgan fingerprint density at radius 2 is 1.64 bits per heavy atom. The third kappa shape index (κ3) is 1.38. The highest BCUT2D eigenvalue weighted by molar-refractivity contribution is 6.09. The summed E-state index contributed by atoms with van der Waals surface area (Å²) in [5.74, 6) is -0.281. The second-order valence-electron chi connectivity index (χ2n) is 4.52. The molecule has 4 nitrogen and oxygen atoms in total. The van der Waals surface area contributed by atoms with Gasteiger partial charge in [-0.15, -0.1) is 0 Å². The Labute approximate surface area is 82.6 Å². The Bertz CT molecular complexity index is 272. The summed E-state index contributed by atoms with van der Waals surface area (Å²) in [4.78, 5) is 23.1. The highest BCUT2D eigenvalue weighted by Gasteiger charge is 2.46. The van der Waals surface area contributed by atoms with Crippen LogP contribution >= 0.6 is 0 Å². The highest BCUT2D eigenvalue weighted by atomic mass is 16.2. The molecule has 0 heterocycles. The maximum Gasteiger partial charge on any atom is 0.186 e. The van der Waals surface area contributed by atoms with Gasteiger partial charge in [0, 0.05) is 12.8 Å². The molecule has 1 N–H and O–H groups in total. The van der Waals surface area contributed by atoms with E-state index in [0.29, 0.717) is 12.8 Å². The van der Waals surface area contributed by atoms with Crippen LogP contribution in [0.15, 0.2) is 5.11 Å². The molecule has 0 aliphatic heterocycles. The summed E-state index contributed by atoms with van der Waals surface area (Å²) in [5, 5.41) is 3.12. The summed E-state index contributed by atoms with van der Waals surface area (Å²) in [7, 11) is 0. The van der Waals surface area contributed by atoms with Crippen molar-refractivity contribution in [1.29, 1.82) is 5.53 Å². The number of carbonyl (C=O) groups excluding carboxylic acids is 2. The first-order valence-corrected chi connectivity index (χ1v) is 5.09. The summed E-state index contributed by atoms with van der Waals surface area (Å²) in [6.45, 7) is 0. The molecule has 1 spiro atoms. The van der Waals surface area contributed by atoms with Gasteiger partial charge in [0.2, 0.25) is 0 Å². The molecule has 2 aliphatic rings. The van der Waals surface area contributed by atoms with Gasteiger partial charge in [0.1, 0.15) is 0 Å². The first-order chi connectivity index (χ1) is 6.67. The predicted molar refractivity (Wildman–Crippen MR) is 49.1 cm³/mol. The molecule has 0 aromatic rings. The van der Waals surface area contributed by atoms with Crippen LogP contribution in [0.4, 0.5) is 0 Å². The van der Waals surface area contributed by atoms with Crippen molar-refractivity contribution in [2.24, 2.45) is 10.5 Å². The van der Waals surface area contributed by atoms with Crippen LogP contribution in [0.2, 0.25) is 0 Å². The van der Waals surface area contributed by atoms with E-state index in [1.165, 1.54) is 0 Å². The molecular formula is C10H14N2O2. The van der Waals surface area contributed by atoms with Crippen molar-refractivity contribution >= 4 is 11.6 Å². The number of carbonyl (C=O) groups is 2. The quantitative estimate of drug-likeness (QED) is 0.511. The van der Waals surface area contributed by atoms with Crippen LogP contribution in [-0.2, 0) is 9.59 Å². The van der Waals surface area contributed by atoms with Gasteiger partial charge in [-0.25, -0.2) is 5.53 Å². The van der Waals surface area contributed by atoms with Crippen LogP contribution in [-0.4, -0.2) is 17.6 Å². The number of nitrogens with zero attached hydrogens (tertiary/aromatic N) is 1. The summed E-state index contributed by atoms with van der Waals surface area (Å²) in [6.07, 6.45) is 5.18. The van der Waals surface area contributed by atoms with Crippen molar-refractivity contribution in [2.45, 2.75) is 44.6 Å². The third-order valence-electron chi connectivity index (χ3n) is 3.50. The van der Waals surface area contributed by atoms with Gasteiger partial charge >= 0.3 is 0 Å². The minimum atomic E-state index is -0.971. The predicted octanol–water partition coefficient (Wildman–Crippen LogP) is 1.88. The van der Waals surface area contributed by atoms with Crippen LogP contribution in [0.5, 0.6) is 0 Å². The van der Waals surface area contributed by atoms with Gasteiger partial charge in [-0.05, 0) is 18.3 Å². The molecule has 0 atom stereocenters. The lowest BCUT2D eigenvalue weighted by molar-refractivity contribution is -0.136. The van der Waals surface area contributed by atoms with E-state index in [2.05, 4.69) is 5.11 Å². The van der Waals surface area contributed by atoms with E-state index in [0.717, 1.165) is 25.7 Å². The number of rotatable bonds is 1. The molecule has 0 saturated heterocycles. The molecule has 76 valence electrons. The standard InChI is InChI=1S/C10H14N2O2/c11-12-9-7(13)5-10(6-8(9)14)3-1-2-4-10/h9,11H,1-6H2. The number of nitrogens with one attached hydrogen (secondary N) is 1. The summed E-state index contributed by atoms with van der Waals surface area (Å²) >= 11 is 0. The SMILES string of the molecule is N=NC1C(=O)CC2(CCCC2)CC1=O. The van der Waals surface area contributed by atoms with E-state index in [1.807, 2.05) is 0 Å². The third-order valence-corrected chi connectivity index (χ3v) is 3.50. The molecular weight excluding hydrogens is 180 g/mol. The lowest BCUT2D eigenvalue weighted by atomic mass is 9.70. The molecule has 0 radical (unpaired) electrons. The number of hydrogen-bond donors (Lipinski definition) is 1. The van der Waals surface area contributed by atoms with Gasteiger partial charge in [-0.2, -0.15) is 5.11 Å². The Morgan fingerprint density at radius 3 is 2.07 bits per heavy atom. The number of Topliss-reactive ketones (excluding diaryl/α,β-unsaturated/α-hetero) is 2. The van der Waals surface area contributed by atoms with Crippen molar-refractivity contribution in [3.05, 3.63) is 0 Å². The molecule has 2 saturated carbocycles. The largest absolute Gasteiger partial charge is 0.297 e. The monoisotopic (exact) mass is 194 g/mol. The fraction of sp³-hybridized carbons (Fsp3) is 0.800. The van der Waals surface area contributed by atoms with E-state index < -0.39 is 6.04 Å². The van der Waals surface area contributed by atoms with Crippen LogP contribution in [0.25, 0.3) is 0 Å². The maximum atomic E-state index is 11.6. The van der Waals surface area contributed by atoms with Gasteiger partial charge in [-0.3, -0.25) is 9.59 Å². The molecule has 0 unspecified atom stereocenters. The van der Waals surface area contributed by atoms with Crippen molar-refractivity contribution in [2.75, 3.05) is 0 Å². The Balaban J connectivity index is 2.18. The smallest absolute Gasteiger partial charge is 0.186 e. The average Bonchev–Trinajstić information content (AvgIpc) is 2.52. The number of ketones is 2. The van der Waals surface area contributed by atoms with Crippen molar-refractivity contribution in [3.8, 4) is 0 Å². The zero-order valence-corrected chi connectivity index (χ0v) is 8.08. The van der Waals surface area contributed by atoms with E-state index in [9.17, 15) is 9.59 Å². The summed E-state index contributed by atoms with van der Waals surface area (Å²) in [6, 6.07) is -0.971. The Morgan fingerprint density at radius 1 is 1.14 bits per heavy atom. The molecule has 2 fully saturated rings. The fourth-order valence-corrected chi connectivity index (χ4v) is 2.80. The van der Waals surface area contributed by atoms with E-state index >= 15 is 0 Å². The minimum Gasteiger partial charge on any atom is -0.297 e. The topological polar surface area (TPSA) is 70.3 Å². The lowest BCUT2D eigenvalue weighted by Crippen LogP contribution is -2.41. The Hall–Kier alpha value is -1.06. The zero-order valence-electron chi connectivity index (χ0n) is 8.08. The minimum absolute atomic E-state index is 0.0463. The second-order valence-corrected chi connectivity index (χ2v) is 4.52. The second kappa shape index (κ2) is 3.26. The van der Waals surface area contributed by atoms with Crippen LogP contribution in [0.3, 0.4) is 0 Å². The first kappa shape index (κ1) is 9.49. The molecule has 14 heavy (non-hydrogen) atoms. The molecule has 4 heteroatoms. The van der Waals surface area contributed by atoms with E-state index in [4.69, 9.17) is 5.53 Å². The van der Waals surface area contributed by atoms with Gasteiger partial charge in [0.05, 0.1) is 0 Å². The normalized spacial score (nSPS) is 27.1. The van der Waals surface area contributed by atoms with Gasteiger partial charge in [0.25, 0.3) is 0 Å². The molecule has 0 bridgehead atoms. The summed E-state index contributed by atoms with van der Waals surface area (Å²) in [5.41, 5.74) is 6.75. The molecule has 2 rings (SSSR count). The van der Waals surface area contributed by atoms with Crippen LogP contribution in [0, 0.1) is 10.9 Å². The van der Waals surface area contributed by atoms with Gasteiger partial charge in [0.15, 0.2) is 17.6 Å². The molecule has 2 aliphatic carbocycles. The van der Waals surface area contributed by atoms with Gasteiger partial charge < -0.3 is 0 Å². The fourth-order valence-electron chi connectivity index (χ4n) is 2.80. The molecule has 0 aromatic heterocycles. The Kier molecular flexibility index (Phi) is 2.21. The van der Waals surface area contributed by atoms with Gasteiger partial charge in [-0.1, -0.05) is 12.8 Å². The van der Waals surface area contributed by atoms with E-state index in [1.54, 1.807) is 0 Å². The van der Waals surface area contributed by atoms with Crippen molar-refractivity contribution in [3.63, 3.8) is 0 Å².